The number of carbonyl (C=O) groups excluding carboxylic acids is 2. The Morgan fingerprint density at radius 3 is 1.35 bits per heavy atom. The lowest BCUT2D eigenvalue weighted by atomic mass is 10.1. The first kappa shape index (κ1) is 22.1. The number of ether oxygens (including phenoxy) is 4. The molecule has 0 bridgehead atoms. The number of rotatable bonds is 8. The van der Waals surface area contributed by atoms with E-state index in [4.69, 9.17) is 18.9 Å². The molecule has 0 radical (unpaired) electrons. The van der Waals surface area contributed by atoms with Crippen LogP contribution in [0.3, 0.4) is 0 Å². The van der Waals surface area contributed by atoms with Gasteiger partial charge in [-0.05, 0) is 53.7 Å². The third kappa shape index (κ3) is 8.97. The summed E-state index contributed by atoms with van der Waals surface area (Å²) in [5, 5.41) is 0. The Morgan fingerprint density at radius 1 is 0.692 bits per heavy atom. The highest BCUT2D eigenvalue weighted by Crippen LogP contribution is 2.13. The number of hydrogen-bond acceptors (Lipinski definition) is 6. The molecule has 0 heterocycles. The molecule has 0 spiro atoms. The molecule has 0 aliphatic carbocycles. The molecule has 0 fully saturated rings. The summed E-state index contributed by atoms with van der Waals surface area (Å²) in [4.78, 5) is 24.5. The number of esters is 2. The predicted molar refractivity (Wildman–Crippen MR) is 98.4 cm³/mol. The zero-order valence-electron chi connectivity index (χ0n) is 16.6. The van der Waals surface area contributed by atoms with Crippen molar-refractivity contribution in [1.82, 2.24) is 0 Å². The molecular weight excluding hydrogens is 336 g/mol. The molecule has 6 heteroatoms. The maximum absolute atomic E-state index is 12.2. The van der Waals surface area contributed by atoms with Crippen molar-refractivity contribution in [2.45, 2.75) is 52.7 Å². The van der Waals surface area contributed by atoms with Crippen LogP contribution in [0, 0.1) is 0 Å². The first-order chi connectivity index (χ1) is 12.0. The van der Waals surface area contributed by atoms with Crippen molar-refractivity contribution < 1.29 is 28.5 Å². The van der Waals surface area contributed by atoms with Crippen LogP contribution in [0.4, 0.5) is 0 Å². The van der Waals surface area contributed by atoms with Gasteiger partial charge in [0.25, 0.3) is 0 Å². The fourth-order valence-electron chi connectivity index (χ4n) is 1.96. The number of hydrogen-bond donors (Lipinski definition) is 0. The fourth-order valence-corrected chi connectivity index (χ4v) is 1.96. The van der Waals surface area contributed by atoms with Crippen LogP contribution in [0.15, 0.2) is 24.3 Å². The second-order valence-corrected chi connectivity index (χ2v) is 7.74. The molecule has 0 aromatic heterocycles. The second kappa shape index (κ2) is 9.69. The van der Waals surface area contributed by atoms with Gasteiger partial charge in [-0.25, -0.2) is 9.59 Å². The zero-order valence-corrected chi connectivity index (χ0v) is 16.6. The van der Waals surface area contributed by atoms with Gasteiger partial charge in [0.2, 0.25) is 0 Å². The molecule has 0 unspecified atom stereocenters. The van der Waals surface area contributed by atoms with Crippen LogP contribution >= 0.6 is 0 Å². The van der Waals surface area contributed by atoms with E-state index in [1.807, 2.05) is 41.5 Å². The molecule has 1 rings (SSSR count). The normalized spacial score (nSPS) is 11.9. The van der Waals surface area contributed by atoms with Crippen LogP contribution in [0.25, 0.3) is 0 Å². The molecule has 6 nitrogen and oxygen atoms in total. The number of benzene rings is 1. The van der Waals surface area contributed by atoms with E-state index in [9.17, 15) is 9.59 Å². The largest absolute Gasteiger partial charge is 0.460 e. The quantitative estimate of drug-likeness (QED) is 0.517. The first-order valence-corrected chi connectivity index (χ1v) is 8.71. The highest BCUT2D eigenvalue weighted by Gasteiger charge is 2.19. The molecule has 0 N–H and O–H groups in total. The van der Waals surface area contributed by atoms with Gasteiger partial charge in [-0.1, -0.05) is 12.1 Å². The summed E-state index contributed by atoms with van der Waals surface area (Å²) in [7, 11) is 0. The van der Waals surface area contributed by atoms with Gasteiger partial charge in [-0.2, -0.15) is 0 Å². The Balaban J connectivity index is 2.57. The van der Waals surface area contributed by atoms with Gasteiger partial charge in [0.05, 0.1) is 35.5 Å². The van der Waals surface area contributed by atoms with Crippen LogP contribution in [-0.2, 0) is 18.9 Å². The molecule has 26 heavy (non-hydrogen) atoms. The summed E-state index contributed by atoms with van der Waals surface area (Å²) in [6, 6.07) is 6.41. The maximum atomic E-state index is 12.2. The molecule has 0 aliphatic rings. The van der Waals surface area contributed by atoms with Crippen molar-refractivity contribution >= 4 is 11.9 Å². The molecule has 1 aromatic rings. The van der Waals surface area contributed by atoms with Crippen LogP contribution in [-0.4, -0.2) is 49.6 Å². The maximum Gasteiger partial charge on any atom is 0.339 e. The van der Waals surface area contributed by atoms with E-state index in [1.54, 1.807) is 12.1 Å². The van der Waals surface area contributed by atoms with Crippen molar-refractivity contribution in [3.63, 3.8) is 0 Å². The van der Waals surface area contributed by atoms with Gasteiger partial charge in [0.1, 0.15) is 13.2 Å². The Bertz CT molecular complexity index is 542. The molecule has 0 saturated carbocycles. The monoisotopic (exact) mass is 366 g/mol. The van der Waals surface area contributed by atoms with E-state index in [-0.39, 0.29) is 48.8 Å². The minimum Gasteiger partial charge on any atom is -0.460 e. The minimum atomic E-state index is -0.582. The summed E-state index contributed by atoms with van der Waals surface area (Å²) in [5.74, 6) is -1.16. The lowest BCUT2D eigenvalue weighted by Crippen LogP contribution is -2.24. The first-order valence-electron chi connectivity index (χ1n) is 8.71. The van der Waals surface area contributed by atoms with Gasteiger partial charge in [0, 0.05) is 0 Å². The Kier molecular flexibility index (Phi) is 8.24. The SMILES string of the molecule is CC(C)(C)OCCOC(=O)c1ccccc1C(=O)OCCOC(C)(C)C. The third-order valence-corrected chi connectivity index (χ3v) is 3.07. The van der Waals surface area contributed by atoms with Crippen LogP contribution < -0.4 is 0 Å². The standard InChI is InChI=1S/C20H30O6/c1-19(2,3)25-13-11-23-17(21)15-9-7-8-10-16(15)18(22)24-12-14-26-20(4,5)6/h7-10H,11-14H2,1-6H3. The molecule has 1 aromatic carbocycles. The molecule has 0 aliphatic heterocycles. The van der Waals surface area contributed by atoms with E-state index in [1.165, 1.54) is 12.1 Å². The smallest absolute Gasteiger partial charge is 0.339 e. The summed E-state index contributed by atoms with van der Waals surface area (Å²) in [6.07, 6.45) is 0. The second-order valence-electron chi connectivity index (χ2n) is 7.74. The molecule has 146 valence electrons. The van der Waals surface area contributed by atoms with Crippen molar-refractivity contribution in [2.24, 2.45) is 0 Å². The minimum absolute atomic E-state index is 0.110. The average Bonchev–Trinajstić information content (AvgIpc) is 2.53. The molecule has 0 saturated heterocycles. The van der Waals surface area contributed by atoms with Gasteiger partial charge in [0.15, 0.2) is 0 Å². The molecular formula is C20H30O6. The fraction of sp³-hybridized carbons (Fsp3) is 0.600. The Hall–Kier alpha value is -1.92. The van der Waals surface area contributed by atoms with Crippen LogP contribution in [0.5, 0.6) is 0 Å². The van der Waals surface area contributed by atoms with Crippen molar-refractivity contribution in [2.75, 3.05) is 26.4 Å². The van der Waals surface area contributed by atoms with Crippen molar-refractivity contribution in [3.8, 4) is 0 Å². The van der Waals surface area contributed by atoms with E-state index in [0.29, 0.717) is 0 Å². The van der Waals surface area contributed by atoms with Gasteiger partial charge < -0.3 is 18.9 Å². The van der Waals surface area contributed by atoms with Crippen LogP contribution in [0.1, 0.15) is 62.3 Å². The van der Waals surface area contributed by atoms with Gasteiger partial charge in [-0.3, -0.25) is 0 Å². The summed E-state index contributed by atoms with van der Waals surface area (Å²) in [6.45, 7) is 12.3. The Labute approximate surface area is 155 Å². The predicted octanol–water partition coefficient (Wildman–Crippen LogP) is 3.63. The topological polar surface area (TPSA) is 71.1 Å². The highest BCUT2D eigenvalue weighted by molar-refractivity contribution is 6.03. The highest BCUT2D eigenvalue weighted by atomic mass is 16.6. The lowest BCUT2D eigenvalue weighted by Gasteiger charge is -2.19. The van der Waals surface area contributed by atoms with E-state index < -0.39 is 11.9 Å². The number of carbonyl (C=O) groups is 2. The van der Waals surface area contributed by atoms with Crippen molar-refractivity contribution in [1.29, 1.82) is 0 Å². The van der Waals surface area contributed by atoms with Crippen molar-refractivity contribution in [3.05, 3.63) is 35.4 Å². The van der Waals surface area contributed by atoms with Gasteiger partial charge in [-0.15, -0.1) is 0 Å². The summed E-state index contributed by atoms with van der Waals surface area (Å²) < 4.78 is 21.4. The summed E-state index contributed by atoms with van der Waals surface area (Å²) in [5.41, 5.74) is -0.262. The third-order valence-electron chi connectivity index (χ3n) is 3.07. The summed E-state index contributed by atoms with van der Waals surface area (Å²) >= 11 is 0. The average molecular weight is 366 g/mol. The molecule has 0 atom stereocenters. The zero-order chi connectivity index (χ0) is 19.8. The van der Waals surface area contributed by atoms with Crippen LogP contribution in [0.2, 0.25) is 0 Å². The molecule has 0 amide bonds. The lowest BCUT2D eigenvalue weighted by molar-refractivity contribution is -0.0291. The van der Waals surface area contributed by atoms with E-state index in [2.05, 4.69) is 0 Å². The van der Waals surface area contributed by atoms with E-state index in [0.717, 1.165) is 0 Å². The van der Waals surface area contributed by atoms with E-state index >= 15 is 0 Å². The van der Waals surface area contributed by atoms with Gasteiger partial charge >= 0.3 is 11.9 Å². The Morgan fingerprint density at radius 2 is 1.04 bits per heavy atom.